The maximum absolute atomic E-state index is 12.8. The van der Waals surface area contributed by atoms with Crippen molar-refractivity contribution in [3.05, 3.63) is 89.5 Å². The third kappa shape index (κ3) is 4.04. The van der Waals surface area contributed by atoms with Crippen LogP contribution in [0.3, 0.4) is 0 Å². The average Bonchev–Trinajstić information content (AvgIpc) is 3.22. The van der Waals surface area contributed by atoms with Crippen LogP contribution in [0.15, 0.2) is 67.3 Å². The van der Waals surface area contributed by atoms with Gasteiger partial charge in [0.1, 0.15) is 0 Å². The van der Waals surface area contributed by atoms with Crippen LogP contribution < -0.4 is 0 Å². The second kappa shape index (κ2) is 8.22. The summed E-state index contributed by atoms with van der Waals surface area (Å²) in [4.78, 5) is 33.5. The Labute approximate surface area is 151 Å². The summed E-state index contributed by atoms with van der Waals surface area (Å²) in [6.45, 7) is 0.449. The molecule has 0 bridgehead atoms. The third-order valence-corrected chi connectivity index (χ3v) is 4.01. The van der Waals surface area contributed by atoms with Crippen molar-refractivity contribution in [2.24, 2.45) is 0 Å². The fourth-order valence-electron chi connectivity index (χ4n) is 2.66. The Balaban J connectivity index is 1.75. The van der Waals surface area contributed by atoms with Gasteiger partial charge in [0.25, 0.3) is 5.91 Å². The van der Waals surface area contributed by atoms with Gasteiger partial charge in [-0.3, -0.25) is 14.6 Å². The number of hydrogen-bond acceptors (Lipinski definition) is 4. The van der Waals surface area contributed by atoms with Crippen molar-refractivity contribution in [2.45, 2.75) is 6.54 Å². The van der Waals surface area contributed by atoms with Gasteiger partial charge in [-0.05, 0) is 29.8 Å². The lowest BCUT2D eigenvalue weighted by Gasteiger charge is -2.22. The Morgan fingerprint density at radius 2 is 1.81 bits per heavy atom. The van der Waals surface area contributed by atoms with Crippen molar-refractivity contribution in [1.29, 1.82) is 0 Å². The molecule has 0 saturated carbocycles. The number of hydrogen-bond donors (Lipinski definition) is 2. The molecule has 2 aromatic heterocycles. The number of benzene rings is 1. The first-order chi connectivity index (χ1) is 12.7. The van der Waals surface area contributed by atoms with Gasteiger partial charge < -0.3 is 15.0 Å². The molecule has 0 spiro atoms. The van der Waals surface area contributed by atoms with E-state index in [0.717, 1.165) is 5.56 Å². The number of H-pyrrole nitrogens is 1. The molecule has 0 radical (unpaired) electrons. The highest BCUT2D eigenvalue weighted by atomic mass is 16.3. The number of carbonyl (C=O) groups excluding carboxylic acids is 2. The zero-order valence-electron chi connectivity index (χ0n) is 14.1. The highest BCUT2D eigenvalue weighted by Gasteiger charge is 2.17. The number of nitrogens with one attached hydrogen (secondary N) is 1. The van der Waals surface area contributed by atoms with Crippen molar-refractivity contribution < 1.29 is 14.7 Å². The van der Waals surface area contributed by atoms with E-state index >= 15 is 0 Å². The van der Waals surface area contributed by atoms with Gasteiger partial charge in [0.2, 0.25) is 0 Å². The molecular weight excluding hydrogens is 330 g/mol. The predicted molar refractivity (Wildman–Crippen MR) is 96.7 cm³/mol. The number of aliphatic hydroxyl groups excluding tert-OH is 1. The second-order valence-corrected chi connectivity index (χ2v) is 5.82. The average molecular weight is 349 g/mol. The van der Waals surface area contributed by atoms with Gasteiger partial charge in [0.15, 0.2) is 5.78 Å². The number of nitrogens with zero attached hydrogens (tertiary/aromatic N) is 2. The molecule has 3 aromatic rings. The van der Waals surface area contributed by atoms with Crippen LogP contribution in [0.1, 0.15) is 31.8 Å². The minimum Gasteiger partial charge on any atom is -0.395 e. The maximum Gasteiger partial charge on any atom is 0.254 e. The predicted octanol–water partition coefficient (Wildman–Crippen LogP) is 2.28. The molecule has 1 aromatic carbocycles. The molecule has 3 rings (SSSR count). The van der Waals surface area contributed by atoms with E-state index < -0.39 is 0 Å². The minimum absolute atomic E-state index is 0.104. The zero-order chi connectivity index (χ0) is 18.4. The Morgan fingerprint density at radius 3 is 2.42 bits per heavy atom. The summed E-state index contributed by atoms with van der Waals surface area (Å²) in [6, 6.07) is 11.9. The summed E-state index contributed by atoms with van der Waals surface area (Å²) in [6.07, 6.45) is 6.69. The zero-order valence-corrected chi connectivity index (χ0v) is 14.1. The van der Waals surface area contributed by atoms with Crippen LogP contribution in [0.5, 0.6) is 0 Å². The van der Waals surface area contributed by atoms with Crippen LogP contribution in [0.25, 0.3) is 0 Å². The quantitative estimate of drug-likeness (QED) is 0.641. The normalized spacial score (nSPS) is 10.5. The molecule has 0 aliphatic rings. The Hall–Kier alpha value is -3.25. The van der Waals surface area contributed by atoms with E-state index in [4.69, 9.17) is 0 Å². The van der Waals surface area contributed by atoms with Crippen LogP contribution in [-0.4, -0.2) is 44.8 Å². The van der Waals surface area contributed by atoms with Crippen molar-refractivity contribution >= 4 is 11.7 Å². The van der Waals surface area contributed by atoms with Gasteiger partial charge in [-0.25, -0.2) is 0 Å². The second-order valence-electron chi connectivity index (χ2n) is 5.82. The van der Waals surface area contributed by atoms with E-state index in [9.17, 15) is 14.7 Å². The first kappa shape index (κ1) is 17.6. The molecule has 6 heteroatoms. The first-order valence-electron chi connectivity index (χ1n) is 8.25. The summed E-state index contributed by atoms with van der Waals surface area (Å²) in [5.74, 6) is -0.309. The minimum atomic E-state index is -0.205. The van der Waals surface area contributed by atoms with Crippen molar-refractivity contribution in [3.63, 3.8) is 0 Å². The molecule has 0 aliphatic heterocycles. The molecule has 0 aliphatic carbocycles. The number of pyridine rings is 1. The van der Waals surface area contributed by atoms with Crippen molar-refractivity contribution in [2.75, 3.05) is 13.2 Å². The number of aliphatic hydroxyl groups is 1. The van der Waals surface area contributed by atoms with Gasteiger partial charge in [0, 0.05) is 54.6 Å². The molecule has 0 fully saturated rings. The van der Waals surface area contributed by atoms with E-state index in [0.29, 0.717) is 23.2 Å². The lowest BCUT2D eigenvalue weighted by molar-refractivity contribution is 0.0707. The molecule has 132 valence electrons. The Kier molecular flexibility index (Phi) is 5.56. The van der Waals surface area contributed by atoms with Crippen molar-refractivity contribution in [1.82, 2.24) is 14.9 Å². The summed E-state index contributed by atoms with van der Waals surface area (Å²) < 4.78 is 0. The smallest absolute Gasteiger partial charge is 0.254 e. The van der Waals surface area contributed by atoms with E-state index in [2.05, 4.69) is 9.97 Å². The number of rotatable bonds is 7. The molecule has 0 atom stereocenters. The summed E-state index contributed by atoms with van der Waals surface area (Å²) in [5, 5.41) is 9.28. The first-order valence-corrected chi connectivity index (χ1v) is 8.25. The molecular formula is C20H19N3O3. The highest BCUT2D eigenvalue weighted by Crippen LogP contribution is 2.14. The van der Waals surface area contributed by atoms with Gasteiger partial charge in [-0.1, -0.05) is 18.2 Å². The molecule has 2 N–H and O–H groups in total. The number of amides is 1. The molecule has 1 amide bonds. The van der Waals surface area contributed by atoms with Gasteiger partial charge >= 0.3 is 0 Å². The lowest BCUT2D eigenvalue weighted by atomic mass is 10.0. The van der Waals surface area contributed by atoms with Crippen molar-refractivity contribution in [3.8, 4) is 0 Å². The van der Waals surface area contributed by atoms with Gasteiger partial charge in [0.05, 0.1) is 6.61 Å². The monoisotopic (exact) mass is 349 g/mol. The fraction of sp³-hybridized carbons (Fsp3) is 0.150. The highest BCUT2D eigenvalue weighted by molar-refractivity contribution is 6.09. The van der Waals surface area contributed by atoms with E-state index in [1.54, 1.807) is 66.1 Å². The van der Waals surface area contributed by atoms with Crippen LogP contribution in [-0.2, 0) is 6.54 Å². The summed E-state index contributed by atoms with van der Waals surface area (Å²) in [7, 11) is 0. The Morgan fingerprint density at radius 1 is 1.04 bits per heavy atom. The summed E-state index contributed by atoms with van der Waals surface area (Å²) in [5.41, 5.74) is 2.44. The van der Waals surface area contributed by atoms with Crippen LogP contribution in [0.2, 0.25) is 0 Å². The summed E-state index contributed by atoms with van der Waals surface area (Å²) >= 11 is 0. The molecule has 0 unspecified atom stereocenters. The largest absolute Gasteiger partial charge is 0.395 e. The van der Waals surface area contributed by atoms with Crippen LogP contribution >= 0.6 is 0 Å². The van der Waals surface area contributed by atoms with Crippen LogP contribution in [0, 0.1) is 0 Å². The topological polar surface area (TPSA) is 86.3 Å². The lowest BCUT2D eigenvalue weighted by Crippen LogP contribution is -2.33. The third-order valence-electron chi connectivity index (χ3n) is 4.01. The van der Waals surface area contributed by atoms with Gasteiger partial charge in [-0.15, -0.1) is 0 Å². The number of aromatic amines is 1. The van der Waals surface area contributed by atoms with E-state index in [1.807, 2.05) is 6.07 Å². The number of aromatic nitrogens is 2. The molecule has 2 heterocycles. The molecule has 6 nitrogen and oxygen atoms in total. The molecule has 0 saturated heterocycles. The fourth-order valence-corrected chi connectivity index (χ4v) is 2.66. The standard InChI is InChI=1S/C20H19N3O3/c24-11-10-23(14-15-2-1-8-21-12-15)20(26)17-5-3-16(4-6-17)19(25)18-7-9-22-13-18/h1-9,12-13,22,24H,10-11,14H2. The van der Waals surface area contributed by atoms with Gasteiger partial charge in [-0.2, -0.15) is 0 Å². The van der Waals surface area contributed by atoms with Crippen LogP contribution in [0.4, 0.5) is 0 Å². The number of ketones is 1. The molecule has 26 heavy (non-hydrogen) atoms. The Bertz CT molecular complexity index is 859. The number of carbonyl (C=O) groups is 2. The SMILES string of the molecule is O=C(c1ccc(C(=O)N(CCO)Cc2cccnc2)cc1)c1cc[nH]c1. The van der Waals surface area contributed by atoms with E-state index in [-0.39, 0.29) is 24.8 Å². The maximum atomic E-state index is 12.8. The van der Waals surface area contributed by atoms with E-state index in [1.165, 1.54) is 0 Å².